The van der Waals surface area contributed by atoms with Gasteiger partial charge in [0.05, 0.1) is 7.11 Å². The largest absolute Gasteiger partial charge is 0.478 e. The van der Waals surface area contributed by atoms with Crippen LogP contribution in [0.2, 0.25) is 0 Å². The molecule has 0 radical (unpaired) electrons. The SMILES string of the molecule is C=C(C)[C@@H]1CC=C2[C@H](CC[C@@]3(C)[C@H]([C@@H](C)CC/C=C(/C)C(=O)O)CC[C@]23C)[C@@]1(C)CCC(=O)OC. The molecular weight excluding hydrogens is 436 g/mol. The van der Waals surface area contributed by atoms with Gasteiger partial charge in [-0.2, -0.15) is 0 Å². The molecule has 0 saturated heterocycles. The van der Waals surface area contributed by atoms with E-state index in [0.717, 1.165) is 25.7 Å². The van der Waals surface area contributed by atoms with Crippen LogP contribution in [0.4, 0.5) is 0 Å². The maximum atomic E-state index is 12.1. The molecule has 3 aliphatic carbocycles. The van der Waals surface area contributed by atoms with Crippen LogP contribution in [0.3, 0.4) is 0 Å². The first-order valence-electron chi connectivity index (χ1n) is 13.6. The zero-order valence-electron chi connectivity index (χ0n) is 23.2. The Hall–Kier alpha value is -1.84. The van der Waals surface area contributed by atoms with Crippen LogP contribution in [-0.4, -0.2) is 24.2 Å². The average Bonchev–Trinajstić information content (AvgIpc) is 3.08. The van der Waals surface area contributed by atoms with E-state index in [2.05, 4.69) is 47.3 Å². The molecule has 7 atom stereocenters. The van der Waals surface area contributed by atoms with E-state index in [1.165, 1.54) is 38.4 Å². The number of fused-ring (bicyclic) bond motifs is 3. The van der Waals surface area contributed by atoms with Gasteiger partial charge in [0.15, 0.2) is 0 Å². The summed E-state index contributed by atoms with van der Waals surface area (Å²) in [5, 5.41) is 9.17. The van der Waals surface area contributed by atoms with Crippen LogP contribution < -0.4 is 0 Å². The van der Waals surface area contributed by atoms with Crippen molar-refractivity contribution in [1.82, 2.24) is 0 Å². The van der Waals surface area contributed by atoms with E-state index in [-0.39, 0.29) is 22.2 Å². The molecule has 0 unspecified atom stereocenters. The maximum absolute atomic E-state index is 12.1. The van der Waals surface area contributed by atoms with Crippen molar-refractivity contribution in [3.8, 4) is 0 Å². The standard InChI is InChI=1S/C31H48O4/c1-20(2)23-12-13-26-25(29(23,5)17-16-27(32)35-8)15-19-30(6)24(14-18-31(26,30)7)21(3)10-9-11-22(4)28(33)34/h11,13,21,23-25H,1,9-10,12,14-19H2,2-8H3,(H,33,34)/b22-11-/t21-,23-,24-,25-,29-,30-,31+/m0/s1. The van der Waals surface area contributed by atoms with E-state index in [4.69, 9.17) is 4.74 Å². The summed E-state index contributed by atoms with van der Waals surface area (Å²) >= 11 is 0. The zero-order chi connectivity index (χ0) is 26.2. The molecule has 0 bridgehead atoms. The van der Waals surface area contributed by atoms with Crippen molar-refractivity contribution in [2.45, 2.75) is 99.3 Å². The number of carboxylic acids is 1. The number of carbonyl (C=O) groups excluding carboxylic acids is 1. The first kappa shape index (κ1) is 27.7. The first-order chi connectivity index (χ1) is 16.3. The molecule has 0 heterocycles. The molecule has 0 aliphatic heterocycles. The minimum Gasteiger partial charge on any atom is -0.478 e. The van der Waals surface area contributed by atoms with Gasteiger partial charge in [-0.15, -0.1) is 0 Å². The third kappa shape index (κ3) is 4.79. The van der Waals surface area contributed by atoms with Gasteiger partial charge >= 0.3 is 11.9 Å². The van der Waals surface area contributed by atoms with Gasteiger partial charge in [0, 0.05) is 12.0 Å². The molecule has 0 aromatic heterocycles. The van der Waals surface area contributed by atoms with Crippen molar-refractivity contribution < 1.29 is 19.4 Å². The second-order valence-corrected chi connectivity index (χ2v) is 12.6. The molecule has 2 fully saturated rings. The van der Waals surface area contributed by atoms with Crippen LogP contribution in [0.15, 0.2) is 35.5 Å². The molecule has 0 spiro atoms. The number of hydrogen-bond donors (Lipinski definition) is 1. The maximum Gasteiger partial charge on any atom is 0.330 e. The van der Waals surface area contributed by atoms with Crippen molar-refractivity contribution >= 4 is 11.9 Å². The van der Waals surface area contributed by atoms with Crippen LogP contribution in [0.1, 0.15) is 99.3 Å². The van der Waals surface area contributed by atoms with Crippen molar-refractivity contribution in [3.05, 3.63) is 35.5 Å². The summed E-state index contributed by atoms with van der Waals surface area (Å²) in [6, 6.07) is 0. The molecule has 3 rings (SSSR count). The smallest absolute Gasteiger partial charge is 0.330 e. The molecule has 0 amide bonds. The van der Waals surface area contributed by atoms with Gasteiger partial charge in [0.1, 0.15) is 0 Å². The van der Waals surface area contributed by atoms with Gasteiger partial charge in [-0.1, -0.05) is 57.6 Å². The Labute approximate surface area is 213 Å². The molecule has 0 aromatic rings. The molecule has 1 N–H and O–H groups in total. The quantitative estimate of drug-likeness (QED) is 0.206. The van der Waals surface area contributed by atoms with Crippen LogP contribution in [0.25, 0.3) is 0 Å². The molecule has 4 nitrogen and oxygen atoms in total. The molecule has 0 aromatic carbocycles. The predicted octanol–water partition coefficient (Wildman–Crippen LogP) is 7.75. The van der Waals surface area contributed by atoms with Crippen molar-refractivity contribution in [2.75, 3.05) is 7.11 Å². The van der Waals surface area contributed by atoms with Gasteiger partial charge < -0.3 is 9.84 Å². The number of rotatable bonds is 9. The Morgan fingerprint density at radius 3 is 2.51 bits per heavy atom. The number of hydrogen-bond acceptors (Lipinski definition) is 3. The third-order valence-electron chi connectivity index (χ3n) is 11.0. The number of methoxy groups -OCH3 is 1. The van der Waals surface area contributed by atoms with E-state index >= 15 is 0 Å². The molecule has 2 saturated carbocycles. The fourth-order valence-corrected chi connectivity index (χ4v) is 8.54. The Balaban J connectivity index is 1.86. The molecule has 3 aliphatic rings. The first-order valence-corrected chi connectivity index (χ1v) is 13.6. The highest BCUT2D eigenvalue weighted by molar-refractivity contribution is 5.85. The Bertz CT molecular complexity index is 913. The lowest BCUT2D eigenvalue weighted by Crippen LogP contribution is -2.52. The van der Waals surface area contributed by atoms with Crippen LogP contribution in [0.5, 0.6) is 0 Å². The summed E-state index contributed by atoms with van der Waals surface area (Å²) in [5.41, 5.74) is 3.78. The summed E-state index contributed by atoms with van der Waals surface area (Å²) in [6.45, 7) is 18.0. The lowest BCUT2D eigenvalue weighted by atomic mass is 9.44. The highest BCUT2D eigenvalue weighted by Gasteiger charge is 2.63. The summed E-state index contributed by atoms with van der Waals surface area (Å²) in [6.07, 6.45) is 13.5. The summed E-state index contributed by atoms with van der Waals surface area (Å²) in [5.74, 6) is 1.16. The second-order valence-electron chi connectivity index (χ2n) is 12.6. The second kappa shape index (κ2) is 10.3. The number of carbonyl (C=O) groups is 2. The van der Waals surface area contributed by atoms with E-state index < -0.39 is 5.97 Å². The van der Waals surface area contributed by atoms with Gasteiger partial charge in [-0.05, 0) is 105 Å². The van der Waals surface area contributed by atoms with Crippen molar-refractivity contribution in [3.63, 3.8) is 0 Å². The van der Waals surface area contributed by atoms with Crippen molar-refractivity contribution in [2.24, 2.45) is 39.9 Å². The van der Waals surface area contributed by atoms with Gasteiger partial charge in [-0.3, -0.25) is 4.79 Å². The number of esters is 1. The monoisotopic (exact) mass is 484 g/mol. The molecule has 35 heavy (non-hydrogen) atoms. The van der Waals surface area contributed by atoms with Crippen LogP contribution in [-0.2, 0) is 14.3 Å². The average molecular weight is 485 g/mol. The molecule has 196 valence electrons. The Kier molecular flexibility index (Phi) is 8.13. The Morgan fingerprint density at radius 1 is 1.23 bits per heavy atom. The van der Waals surface area contributed by atoms with E-state index in [1.807, 2.05) is 6.08 Å². The zero-order valence-corrected chi connectivity index (χ0v) is 23.2. The van der Waals surface area contributed by atoms with E-state index in [9.17, 15) is 14.7 Å². The number of carboxylic acid groups (broad SMARTS) is 1. The predicted molar refractivity (Wildman–Crippen MR) is 142 cm³/mol. The normalized spacial score (nSPS) is 37.6. The summed E-state index contributed by atoms with van der Waals surface area (Å²) in [7, 11) is 1.48. The molecular formula is C31H48O4. The summed E-state index contributed by atoms with van der Waals surface area (Å²) < 4.78 is 5.01. The fourth-order valence-electron chi connectivity index (χ4n) is 8.54. The Morgan fingerprint density at radius 2 is 1.91 bits per heavy atom. The van der Waals surface area contributed by atoms with Crippen molar-refractivity contribution in [1.29, 1.82) is 0 Å². The highest BCUT2D eigenvalue weighted by Crippen LogP contribution is 2.72. The minimum atomic E-state index is -0.816. The van der Waals surface area contributed by atoms with Crippen LogP contribution >= 0.6 is 0 Å². The molecule has 4 heteroatoms. The van der Waals surface area contributed by atoms with E-state index in [0.29, 0.717) is 35.7 Å². The van der Waals surface area contributed by atoms with Gasteiger partial charge in [0.2, 0.25) is 0 Å². The third-order valence-corrected chi connectivity index (χ3v) is 11.0. The van der Waals surface area contributed by atoms with E-state index in [1.54, 1.807) is 12.5 Å². The van der Waals surface area contributed by atoms with Gasteiger partial charge in [-0.25, -0.2) is 4.79 Å². The fraction of sp³-hybridized carbons (Fsp3) is 0.742. The minimum absolute atomic E-state index is 0.0251. The highest BCUT2D eigenvalue weighted by atomic mass is 16.5. The van der Waals surface area contributed by atoms with Gasteiger partial charge in [0.25, 0.3) is 0 Å². The number of aliphatic carboxylic acids is 1. The van der Waals surface area contributed by atoms with Crippen LogP contribution in [0, 0.1) is 39.9 Å². The number of ether oxygens (including phenoxy) is 1. The summed E-state index contributed by atoms with van der Waals surface area (Å²) in [4.78, 5) is 23.3. The lowest BCUT2D eigenvalue weighted by molar-refractivity contribution is -0.142. The lowest BCUT2D eigenvalue weighted by Gasteiger charge is -2.60. The number of allylic oxidation sites excluding steroid dienone is 4. The topological polar surface area (TPSA) is 63.6 Å².